The van der Waals surface area contributed by atoms with Crippen LogP contribution in [0.1, 0.15) is 20.3 Å². The van der Waals surface area contributed by atoms with Crippen LogP contribution in [0.5, 0.6) is 0 Å². The highest BCUT2D eigenvalue weighted by Crippen LogP contribution is 2.10. The number of carbonyl (C=O) groups is 2. The molecule has 0 aromatic rings. The molecule has 1 aliphatic heterocycles. The highest BCUT2D eigenvalue weighted by molar-refractivity contribution is 5.90. The summed E-state index contributed by atoms with van der Waals surface area (Å²) in [4.78, 5) is 24.7. The fourth-order valence-corrected chi connectivity index (χ4v) is 1.62. The minimum atomic E-state index is -0.424. The molecule has 0 aromatic carbocycles. The average Bonchev–Trinajstić information content (AvgIpc) is 2.18. The Kier molecular flexibility index (Phi) is 3.28. The Morgan fingerprint density at radius 3 is 2.79 bits per heavy atom. The second-order valence-corrected chi connectivity index (χ2v) is 3.62. The third-order valence-electron chi connectivity index (χ3n) is 2.37. The van der Waals surface area contributed by atoms with Gasteiger partial charge in [0, 0.05) is 19.0 Å². The molecule has 1 rings (SSSR count). The van der Waals surface area contributed by atoms with Gasteiger partial charge in [-0.15, -0.1) is 6.58 Å². The Balaban J connectivity index is 2.84. The lowest BCUT2D eigenvalue weighted by atomic mass is 10.2. The molecule has 0 radical (unpaired) electrons. The van der Waals surface area contributed by atoms with Crippen molar-refractivity contribution in [3.05, 3.63) is 12.7 Å². The van der Waals surface area contributed by atoms with Crippen LogP contribution in [0.2, 0.25) is 0 Å². The van der Waals surface area contributed by atoms with Crippen LogP contribution in [0, 0.1) is 0 Å². The summed E-state index contributed by atoms with van der Waals surface area (Å²) < 4.78 is 0. The molecule has 0 spiro atoms. The van der Waals surface area contributed by atoms with Crippen LogP contribution in [0.3, 0.4) is 0 Å². The zero-order valence-corrected chi connectivity index (χ0v) is 8.62. The second-order valence-electron chi connectivity index (χ2n) is 3.62. The summed E-state index contributed by atoms with van der Waals surface area (Å²) in [5.74, 6) is -0.104. The van der Waals surface area contributed by atoms with Crippen LogP contribution in [-0.4, -0.2) is 35.3 Å². The zero-order chi connectivity index (χ0) is 10.7. The maximum atomic E-state index is 11.8. The lowest BCUT2D eigenvalue weighted by Gasteiger charge is -2.26. The van der Waals surface area contributed by atoms with E-state index in [4.69, 9.17) is 0 Å². The second kappa shape index (κ2) is 4.26. The van der Waals surface area contributed by atoms with E-state index < -0.39 is 6.04 Å². The van der Waals surface area contributed by atoms with E-state index in [1.165, 1.54) is 0 Å². The summed E-state index contributed by atoms with van der Waals surface area (Å²) in [6.07, 6.45) is 2.04. The maximum Gasteiger partial charge on any atom is 0.245 e. The van der Waals surface area contributed by atoms with Crippen LogP contribution in [-0.2, 0) is 9.59 Å². The van der Waals surface area contributed by atoms with Crippen molar-refractivity contribution in [3.8, 4) is 0 Å². The average molecular weight is 196 g/mol. The van der Waals surface area contributed by atoms with Gasteiger partial charge in [-0.1, -0.05) is 6.08 Å². The summed E-state index contributed by atoms with van der Waals surface area (Å²) in [7, 11) is 0. The van der Waals surface area contributed by atoms with E-state index in [0.717, 1.165) is 0 Å². The van der Waals surface area contributed by atoms with Gasteiger partial charge in [-0.05, 0) is 13.8 Å². The molecule has 0 aliphatic carbocycles. The van der Waals surface area contributed by atoms with Crippen LogP contribution in [0.25, 0.3) is 0 Å². The molecule has 0 saturated carbocycles. The Hall–Kier alpha value is -1.32. The number of nitrogens with one attached hydrogen (secondary N) is 1. The van der Waals surface area contributed by atoms with Gasteiger partial charge >= 0.3 is 0 Å². The molecular formula is C10H16N2O2. The van der Waals surface area contributed by atoms with Crippen molar-refractivity contribution in [3.63, 3.8) is 0 Å². The van der Waals surface area contributed by atoms with E-state index in [-0.39, 0.29) is 17.9 Å². The van der Waals surface area contributed by atoms with Crippen LogP contribution < -0.4 is 5.32 Å². The van der Waals surface area contributed by atoms with Gasteiger partial charge in [-0.25, -0.2) is 0 Å². The topological polar surface area (TPSA) is 49.4 Å². The third kappa shape index (κ3) is 2.13. The lowest BCUT2D eigenvalue weighted by molar-refractivity contribution is -0.133. The molecule has 14 heavy (non-hydrogen) atoms. The Morgan fingerprint density at radius 2 is 2.21 bits per heavy atom. The molecule has 1 heterocycles. The molecule has 4 nitrogen and oxygen atoms in total. The van der Waals surface area contributed by atoms with E-state index in [9.17, 15) is 9.59 Å². The molecule has 1 N–H and O–H groups in total. The molecule has 1 fully saturated rings. The Bertz CT molecular complexity index is 263. The molecule has 4 heteroatoms. The van der Waals surface area contributed by atoms with Crippen molar-refractivity contribution >= 4 is 11.8 Å². The largest absolute Gasteiger partial charge is 0.345 e. The van der Waals surface area contributed by atoms with E-state index in [0.29, 0.717) is 13.0 Å². The van der Waals surface area contributed by atoms with Crippen molar-refractivity contribution in [1.29, 1.82) is 0 Å². The summed E-state index contributed by atoms with van der Waals surface area (Å²) in [6, 6.07) is -0.474. The first-order valence-electron chi connectivity index (χ1n) is 4.77. The Labute approximate surface area is 84.0 Å². The van der Waals surface area contributed by atoms with Crippen LogP contribution >= 0.6 is 0 Å². The van der Waals surface area contributed by atoms with E-state index >= 15 is 0 Å². The number of rotatable bonds is 2. The first kappa shape index (κ1) is 10.8. The van der Waals surface area contributed by atoms with Crippen LogP contribution in [0.15, 0.2) is 12.7 Å². The highest BCUT2D eigenvalue weighted by atomic mass is 16.2. The summed E-state index contributed by atoms with van der Waals surface area (Å²) in [5.41, 5.74) is 0. The van der Waals surface area contributed by atoms with Gasteiger partial charge in [0.15, 0.2) is 0 Å². The zero-order valence-electron chi connectivity index (χ0n) is 8.62. The monoisotopic (exact) mass is 196 g/mol. The van der Waals surface area contributed by atoms with E-state index in [1.807, 2.05) is 6.92 Å². The SMILES string of the molecule is C=CCN1C(=O)C(C)NC(=O)CC1C. The molecule has 2 atom stereocenters. The van der Waals surface area contributed by atoms with Gasteiger partial charge in [0.2, 0.25) is 11.8 Å². The quantitative estimate of drug-likeness (QED) is 0.646. The Morgan fingerprint density at radius 1 is 1.57 bits per heavy atom. The lowest BCUT2D eigenvalue weighted by Crippen LogP contribution is -2.44. The number of carbonyl (C=O) groups excluding carboxylic acids is 2. The fraction of sp³-hybridized carbons (Fsp3) is 0.600. The van der Waals surface area contributed by atoms with Gasteiger partial charge in [-0.2, -0.15) is 0 Å². The van der Waals surface area contributed by atoms with Gasteiger partial charge in [0.05, 0.1) is 0 Å². The minimum absolute atomic E-state index is 0.0387. The van der Waals surface area contributed by atoms with Crippen LogP contribution in [0.4, 0.5) is 0 Å². The van der Waals surface area contributed by atoms with Gasteiger partial charge in [0.25, 0.3) is 0 Å². The summed E-state index contributed by atoms with van der Waals surface area (Å²) >= 11 is 0. The number of nitrogens with zero attached hydrogens (tertiary/aromatic N) is 1. The van der Waals surface area contributed by atoms with Crippen molar-refractivity contribution < 1.29 is 9.59 Å². The predicted octanol–water partition coefficient (Wildman–Crippen LogP) is 0.298. The third-order valence-corrected chi connectivity index (χ3v) is 2.37. The van der Waals surface area contributed by atoms with Crippen molar-refractivity contribution in [2.24, 2.45) is 0 Å². The van der Waals surface area contributed by atoms with Crippen molar-refractivity contribution in [1.82, 2.24) is 10.2 Å². The van der Waals surface area contributed by atoms with Gasteiger partial charge in [-0.3, -0.25) is 9.59 Å². The van der Waals surface area contributed by atoms with E-state index in [1.54, 1.807) is 17.9 Å². The molecule has 1 saturated heterocycles. The highest BCUT2D eigenvalue weighted by Gasteiger charge is 2.30. The van der Waals surface area contributed by atoms with Crippen molar-refractivity contribution in [2.45, 2.75) is 32.4 Å². The fourth-order valence-electron chi connectivity index (χ4n) is 1.62. The predicted molar refractivity (Wildman–Crippen MR) is 53.6 cm³/mol. The molecular weight excluding hydrogens is 180 g/mol. The standard InChI is InChI=1S/C10H16N2O2/c1-4-5-12-7(2)6-9(13)11-8(3)10(12)14/h4,7-8H,1,5-6H2,2-3H3,(H,11,13). The molecule has 2 unspecified atom stereocenters. The smallest absolute Gasteiger partial charge is 0.245 e. The minimum Gasteiger partial charge on any atom is -0.345 e. The molecule has 0 bridgehead atoms. The van der Waals surface area contributed by atoms with Gasteiger partial charge in [0.1, 0.15) is 6.04 Å². The maximum absolute atomic E-state index is 11.8. The molecule has 78 valence electrons. The first-order valence-corrected chi connectivity index (χ1v) is 4.77. The van der Waals surface area contributed by atoms with E-state index in [2.05, 4.69) is 11.9 Å². The number of hydrogen-bond donors (Lipinski definition) is 1. The summed E-state index contributed by atoms with van der Waals surface area (Å²) in [5, 5.41) is 2.65. The molecule has 1 aliphatic rings. The number of amides is 2. The van der Waals surface area contributed by atoms with Crippen molar-refractivity contribution in [2.75, 3.05) is 6.54 Å². The summed E-state index contributed by atoms with van der Waals surface area (Å²) in [6.45, 7) is 7.68. The first-order chi connectivity index (χ1) is 6.56. The molecule has 2 amide bonds. The molecule has 0 aromatic heterocycles. The van der Waals surface area contributed by atoms with Gasteiger partial charge < -0.3 is 10.2 Å². The number of hydrogen-bond acceptors (Lipinski definition) is 2. The normalized spacial score (nSPS) is 28.3.